The molecule has 1 aromatic heterocycles. The Morgan fingerprint density at radius 1 is 1.41 bits per heavy atom. The zero-order chi connectivity index (χ0) is 12.5. The summed E-state index contributed by atoms with van der Waals surface area (Å²) >= 11 is 1.51. The number of methoxy groups -OCH3 is 1. The average Bonchev–Trinajstić information content (AvgIpc) is 2.76. The Morgan fingerprint density at radius 2 is 2.24 bits per heavy atom. The summed E-state index contributed by atoms with van der Waals surface area (Å²) in [4.78, 5) is 3.57. The van der Waals surface area contributed by atoms with Crippen molar-refractivity contribution in [2.75, 3.05) is 40.4 Å². The van der Waals surface area contributed by atoms with Crippen molar-refractivity contribution in [3.63, 3.8) is 0 Å². The highest BCUT2D eigenvalue weighted by Crippen LogP contribution is 2.12. The third-order valence-corrected chi connectivity index (χ3v) is 3.28. The molecule has 1 rings (SSSR count). The number of ether oxygens (including phenoxy) is 1. The lowest BCUT2D eigenvalue weighted by molar-refractivity contribution is 0.197. The van der Waals surface area contributed by atoms with Crippen molar-refractivity contribution in [3.05, 3.63) is 10.6 Å². The Balaban J connectivity index is 2.18. The number of hydrogen-bond acceptors (Lipinski definition) is 6. The lowest BCUT2D eigenvalue weighted by Crippen LogP contribution is -2.30. The quantitative estimate of drug-likeness (QED) is 0.663. The van der Waals surface area contributed by atoms with Crippen LogP contribution in [0.5, 0.6) is 0 Å². The van der Waals surface area contributed by atoms with Gasteiger partial charge in [-0.1, -0.05) is 11.4 Å². The Kier molecular flexibility index (Phi) is 7.27. The first-order valence-corrected chi connectivity index (χ1v) is 6.73. The molecular weight excluding hydrogens is 236 g/mol. The summed E-state index contributed by atoms with van der Waals surface area (Å²) < 4.78 is 8.97. The highest BCUT2D eigenvalue weighted by Gasteiger charge is 2.08. The van der Waals surface area contributed by atoms with Gasteiger partial charge in [0.2, 0.25) is 0 Å². The summed E-state index contributed by atoms with van der Waals surface area (Å²) in [6.07, 6.45) is 0.964. The van der Waals surface area contributed by atoms with Crippen LogP contribution in [0.3, 0.4) is 0 Å². The molecule has 17 heavy (non-hydrogen) atoms. The van der Waals surface area contributed by atoms with Crippen LogP contribution in [-0.4, -0.2) is 54.9 Å². The second-order valence-corrected chi connectivity index (χ2v) is 4.82. The van der Waals surface area contributed by atoms with Gasteiger partial charge in [-0.15, -0.1) is 5.10 Å². The Morgan fingerprint density at radius 3 is 2.94 bits per heavy atom. The van der Waals surface area contributed by atoms with Gasteiger partial charge in [0.1, 0.15) is 0 Å². The van der Waals surface area contributed by atoms with Gasteiger partial charge in [-0.3, -0.25) is 4.90 Å². The van der Waals surface area contributed by atoms with Gasteiger partial charge in [0.15, 0.2) is 0 Å². The third kappa shape index (κ3) is 5.54. The van der Waals surface area contributed by atoms with Crippen molar-refractivity contribution in [2.24, 2.45) is 0 Å². The molecule has 0 aromatic carbocycles. The van der Waals surface area contributed by atoms with Crippen LogP contribution in [0.2, 0.25) is 0 Å². The smallest absolute Gasteiger partial charge is 0.0798 e. The second-order valence-electron chi connectivity index (χ2n) is 3.98. The highest BCUT2D eigenvalue weighted by atomic mass is 32.1. The van der Waals surface area contributed by atoms with Crippen LogP contribution < -0.4 is 5.32 Å². The maximum Gasteiger partial charge on any atom is 0.0798 e. The molecule has 1 N–H and O–H groups in total. The minimum atomic E-state index is 0.766. The molecule has 0 aliphatic carbocycles. The van der Waals surface area contributed by atoms with Gasteiger partial charge in [0.05, 0.1) is 17.2 Å². The molecule has 0 aliphatic heterocycles. The van der Waals surface area contributed by atoms with Gasteiger partial charge >= 0.3 is 0 Å². The molecule has 6 heteroatoms. The molecule has 0 saturated carbocycles. The number of aromatic nitrogens is 2. The van der Waals surface area contributed by atoms with E-state index in [1.807, 2.05) is 0 Å². The lowest BCUT2D eigenvalue weighted by atomic mass is 10.3. The maximum atomic E-state index is 4.97. The molecule has 0 aliphatic rings. The first kappa shape index (κ1) is 14.5. The van der Waals surface area contributed by atoms with E-state index in [4.69, 9.17) is 4.74 Å². The van der Waals surface area contributed by atoms with Crippen molar-refractivity contribution in [1.82, 2.24) is 19.8 Å². The Bertz CT molecular complexity index is 305. The van der Waals surface area contributed by atoms with E-state index in [2.05, 4.69) is 33.8 Å². The summed E-state index contributed by atoms with van der Waals surface area (Å²) in [5, 5.41) is 7.45. The number of nitrogens with zero attached hydrogens (tertiary/aromatic N) is 3. The summed E-state index contributed by atoms with van der Waals surface area (Å²) in [6.45, 7) is 6.73. The molecule has 0 atom stereocenters. The largest absolute Gasteiger partial charge is 0.383 e. The van der Waals surface area contributed by atoms with E-state index in [0.717, 1.165) is 44.9 Å². The van der Waals surface area contributed by atoms with Crippen LogP contribution in [-0.2, 0) is 17.7 Å². The highest BCUT2D eigenvalue weighted by molar-refractivity contribution is 7.05. The fourth-order valence-electron chi connectivity index (χ4n) is 1.51. The van der Waals surface area contributed by atoms with Crippen molar-refractivity contribution >= 4 is 11.5 Å². The minimum absolute atomic E-state index is 0.766. The fraction of sp³-hybridized carbons (Fsp3) is 0.818. The zero-order valence-electron chi connectivity index (χ0n) is 10.9. The molecule has 0 amide bonds. The summed E-state index contributed by atoms with van der Waals surface area (Å²) in [6, 6.07) is 0. The summed E-state index contributed by atoms with van der Waals surface area (Å²) in [5.74, 6) is 0. The number of aryl methyl sites for hydroxylation is 1. The Labute approximate surface area is 107 Å². The van der Waals surface area contributed by atoms with Crippen LogP contribution in [0.25, 0.3) is 0 Å². The van der Waals surface area contributed by atoms with Crippen molar-refractivity contribution < 1.29 is 4.74 Å². The molecule has 0 radical (unpaired) electrons. The predicted molar refractivity (Wildman–Crippen MR) is 70.4 cm³/mol. The van der Waals surface area contributed by atoms with Crippen LogP contribution in [0, 0.1) is 0 Å². The van der Waals surface area contributed by atoms with E-state index in [0.29, 0.717) is 0 Å². The predicted octanol–water partition coefficient (Wildman–Crippen LogP) is 0.768. The number of nitrogens with one attached hydrogen (secondary N) is 1. The molecular formula is C11H22N4OS. The molecule has 5 nitrogen and oxygen atoms in total. The van der Waals surface area contributed by atoms with Crippen molar-refractivity contribution in [2.45, 2.75) is 19.9 Å². The average molecular weight is 258 g/mol. The Hall–Kier alpha value is -0.560. The van der Waals surface area contributed by atoms with Crippen LogP contribution in [0.1, 0.15) is 17.5 Å². The molecule has 1 heterocycles. The van der Waals surface area contributed by atoms with Gasteiger partial charge in [0, 0.05) is 33.3 Å². The third-order valence-electron chi connectivity index (χ3n) is 2.54. The van der Waals surface area contributed by atoms with Crippen LogP contribution in [0.15, 0.2) is 0 Å². The zero-order valence-corrected chi connectivity index (χ0v) is 11.7. The molecule has 0 saturated heterocycles. The molecule has 98 valence electrons. The van der Waals surface area contributed by atoms with E-state index in [1.54, 1.807) is 7.11 Å². The molecule has 0 bridgehead atoms. The fourth-order valence-corrected chi connectivity index (χ4v) is 2.32. The molecule has 0 spiro atoms. The van der Waals surface area contributed by atoms with Gasteiger partial charge in [0.25, 0.3) is 0 Å². The summed E-state index contributed by atoms with van der Waals surface area (Å²) in [5.41, 5.74) is 1.13. The standard InChI is InChI=1S/C11H22N4OS/c1-4-10-11(17-14-13-10)9-15(2)7-5-12-6-8-16-3/h12H,4-9H2,1-3H3. The topological polar surface area (TPSA) is 50.3 Å². The van der Waals surface area contributed by atoms with Gasteiger partial charge in [-0.2, -0.15) is 0 Å². The first-order chi connectivity index (χ1) is 8.27. The minimum Gasteiger partial charge on any atom is -0.383 e. The van der Waals surface area contributed by atoms with Crippen LogP contribution >= 0.6 is 11.5 Å². The maximum absolute atomic E-state index is 4.97. The lowest BCUT2D eigenvalue weighted by Gasteiger charge is -2.16. The summed E-state index contributed by atoms with van der Waals surface area (Å²) in [7, 11) is 3.84. The van der Waals surface area contributed by atoms with E-state index in [9.17, 15) is 0 Å². The first-order valence-electron chi connectivity index (χ1n) is 5.96. The van der Waals surface area contributed by atoms with Crippen molar-refractivity contribution in [1.29, 1.82) is 0 Å². The van der Waals surface area contributed by atoms with E-state index < -0.39 is 0 Å². The number of likely N-dealkylation sites (N-methyl/N-ethyl adjacent to an activating group) is 1. The van der Waals surface area contributed by atoms with E-state index >= 15 is 0 Å². The van der Waals surface area contributed by atoms with Gasteiger partial charge in [-0.25, -0.2) is 0 Å². The normalized spacial score (nSPS) is 11.3. The monoisotopic (exact) mass is 258 g/mol. The second kappa shape index (κ2) is 8.52. The van der Waals surface area contributed by atoms with E-state index in [-0.39, 0.29) is 0 Å². The van der Waals surface area contributed by atoms with Gasteiger partial charge < -0.3 is 10.1 Å². The van der Waals surface area contributed by atoms with E-state index in [1.165, 1.54) is 16.4 Å². The van der Waals surface area contributed by atoms with Crippen LogP contribution in [0.4, 0.5) is 0 Å². The SMILES string of the molecule is CCc1nnsc1CN(C)CCNCCOC. The molecule has 0 fully saturated rings. The number of hydrogen-bond donors (Lipinski definition) is 1. The van der Waals surface area contributed by atoms with Crippen molar-refractivity contribution in [3.8, 4) is 0 Å². The van der Waals surface area contributed by atoms with Gasteiger partial charge in [-0.05, 0) is 25.0 Å². The number of rotatable bonds is 9. The molecule has 1 aromatic rings. The molecule has 0 unspecified atom stereocenters.